The smallest absolute Gasteiger partial charge is 0.317 e. The number of H-pyrrole nitrogens is 1. The largest absolute Gasteiger partial charge is 0.420 e. The highest BCUT2D eigenvalue weighted by molar-refractivity contribution is 6.35. The zero-order valence-electron chi connectivity index (χ0n) is 20.2. The number of aromatic amines is 1. The molecule has 0 saturated heterocycles. The van der Waals surface area contributed by atoms with Gasteiger partial charge in [0, 0.05) is 47.8 Å². The van der Waals surface area contributed by atoms with Gasteiger partial charge in [0.15, 0.2) is 16.9 Å². The van der Waals surface area contributed by atoms with E-state index < -0.39 is 11.4 Å². The van der Waals surface area contributed by atoms with Gasteiger partial charge in [-0.25, -0.2) is 9.97 Å². The first-order chi connectivity index (χ1) is 18.5. The molecule has 186 valence electrons. The molecule has 0 bridgehead atoms. The van der Waals surface area contributed by atoms with Gasteiger partial charge in [-0.05, 0) is 30.3 Å². The number of aryl methyl sites for hydroxylation is 1. The van der Waals surface area contributed by atoms with Crippen molar-refractivity contribution in [3.05, 3.63) is 106 Å². The van der Waals surface area contributed by atoms with Gasteiger partial charge in [-0.15, -0.1) is 0 Å². The molecule has 4 aromatic heterocycles. The summed E-state index contributed by atoms with van der Waals surface area (Å²) < 4.78 is 7.24. The van der Waals surface area contributed by atoms with E-state index in [0.29, 0.717) is 27.5 Å². The summed E-state index contributed by atoms with van der Waals surface area (Å²) in [5.41, 5.74) is 3.74. The predicted molar refractivity (Wildman–Crippen MR) is 146 cm³/mol. The lowest BCUT2D eigenvalue weighted by molar-refractivity contribution is -0.133. The molecule has 0 aliphatic heterocycles. The fraction of sp³-hybridized carbons (Fsp3) is 0.0690. The number of nitrogens with zero attached hydrogens (tertiary/aromatic N) is 4. The number of rotatable bonds is 5. The van der Waals surface area contributed by atoms with E-state index in [1.54, 1.807) is 12.3 Å². The Morgan fingerprint density at radius 2 is 1.79 bits per heavy atom. The molecule has 0 unspecified atom stereocenters. The average molecular weight is 522 g/mol. The number of esters is 1. The molecule has 0 atom stereocenters. The highest BCUT2D eigenvalue weighted by atomic mass is 35.5. The Balaban J connectivity index is 1.50. The molecular formula is C29H20ClN5O3. The zero-order valence-corrected chi connectivity index (χ0v) is 20.9. The molecule has 0 fully saturated rings. The quantitative estimate of drug-likeness (QED) is 0.307. The second-order valence-electron chi connectivity index (χ2n) is 8.76. The van der Waals surface area contributed by atoms with Crippen LogP contribution in [0, 0.1) is 0 Å². The third-order valence-electron chi connectivity index (χ3n) is 6.25. The highest BCUT2D eigenvalue weighted by Gasteiger charge is 2.19. The highest BCUT2D eigenvalue weighted by Crippen LogP contribution is 2.34. The summed E-state index contributed by atoms with van der Waals surface area (Å²) in [5.74, 6) is -0.704. The number of fused-ring (bicyclic) bond motifs is 2. The van der Waals surface area contributed by atoms with E-state index in [9.17, 15) is 9.59 Å². The van der Waals surface area contributed by atoms with Crippen molar-refractivity contribution in [3.63, 3.8) is 0 Å². The Hall–Kier alpha value is -4.82. The predicted octanol–water partition coefficient (Wildman–Crippen LogP) is 5.34. The molecule has 0 aliphatic rings. The molecule has 0 saturated carbocycles. The first-order valence-electron chi connectivity index (χ1n) is 11.8. The van der Waals surface area contributed by atoms with Crippen LogP contribution < -0.4 is 10.2 Å². The molecule has 0 radical (unpaired) electrons. The number of halogens is 1. The lowest BCUT2D eigenvalue weighted by atomic mass is 10.0. The maximum Gasteiger partial charge on any atom is 0.317 e. The molecule has 0 amide bonds. The lowest BCUT2D eigenvalue weighted by Crippen LogP contribution is -2.19. The summed E-state index contributed by atoms with van der Waals surface area (Å²) >= 11 is 6.57. The minimum atomic E-state index is -0.556. The van der Waals surface area contributed by atoms with E-state index in [-0.39, 0.29) is 23.3 Å². The number of benzene rings is 2. The molecule has 4 heterocycles. The van der Waals surface area contributed by atoms with Crippen molar-refractivity contribution in [2.75, 3.05) is 0 Å². The molecule has 0 spiro atoms. The molecule has 1 N–H and O–H groups in total. The van der Waals surface area contributed by atoms with Crippen molar-refractivity contribution in [2.45, 2.75) is 6.42 Å². The first kappa shape index (κ1) is 23.6. The van der Waals surface area contributed by atoms with Gasteiger partial charge in [0.1, 0.15) is 0 Å². The van der Waals surface area contributed by atoms with Gasteiger partial charge in [0.25, 0.3) is 5.43 Å². The number of hydrogen-bond donors (Lipinski definition) is 1. The average Bonchev–Trinajstić information content (AvgIpc) is 3.34. The summed E-state index contributed by atoms with van der Waals surface area (Å²) in [4.78, 5) is 42.8. The van der Waals surface area contributed by atoms with E-state index in [4.69, 9.17) is 26.3 Å². The third kappa shape index (κ3) is 4.31. The Morgan fingerprint density at radius 1 is 0.974 bits per heavy atom. The second-order valence-corrected chi connectivity index (χ2v) is 9.17. The van der Waals surface area contributed by atoms with Gasteiger partial charge in [-0.1, -0.05) is 48.0 Å². The lowest BCUT2D eigenvalue weighted by Gasteiger charge is -2.12. The molecular weight excluding hydrogens is 502 g/mol. The summed E-state index contributed by atoms with van der Waals surface area (Å²) in [6.07, 6.45) is 4.88. The van der Waals surface area contributed by atoms with Crippen LogP contribution in [0.15, 0.2) is 90.1 Å². The fourth-order valence-corrected chi connectivity index (χ4v) is 4.63. The van der Waals surface area contributed by atoms with Crippen LogP contribution in [0.3, 0.4) is 0 Å². The minimum absolute atomic E-state index is 0.0223. The Bertz CT molecular complexity index is 1900. The zero-order chi connectivity index (χ0) is 26.2. The monoisotopic (exact) mass is 521 g/mol. The first-order valence-corrected chi connectivity index (χ1v) is 12.2. The summed E-state index contributed by atoms with van der Waals surface area (Å²) in [6, 6.07) is 20.6. The summed E-state index contributed by atoms with van der Waals surface area (Å²) in [6.45, 7) is 0. The van der Waals surface area contributed by atoms with Crippen molar-refractivity contribution < 1.29 is 9.53 Å². The van der Waals surface area contributed by atoms with Gasteiger partial charge < -0.3 is 14.3 Å². The normalized spacial score (nSPS) is 11.2. The van der Waals surface area contributed by atoms with Crippen LogP contribution in [0.25, 0.3) is 44.6 Å². The molecule has 38 heavy (non-hydrogen) atoms. The van der Waals surface area contributed by atoms with E-state index >= 15 is 0 Å². The Labute approximate surface area is 221 Å². The molecule has 8 nitrogen and oxygen atoms in total. The minimum Gasteiger partial charge on any atom is -0.420 e. The van der Waals surface area contributed by atoms with Crippen LogP contribution in [0.4, 0.5) is 0 Å². The van der Waals surface area contributed by atoms with E-state index in [0.717, 1.165) is 16.6 Å². The van der Waals surface area contributed by atoms with Crippen LogP contribution in [0.2, 0.25) is 5.02 Å². The van der Waals surface area contributed by atoms with Crippen LogP contribution in [0.1, 0.15) is 5.69 Å². The van der Waals surface area contributed by atoms with Gasteiger partial charge >= 0.3 is 5.97 Å². The number of hydrogen-bond acceptors (Lipinski definition) is 6. The van der Waals surface area contributed by atoms with Crippen molar-refractivity contribution in [1.29, 1.82) is 0 Å². The van der Waals surface area contributed by atoms with Crippen LogP contribution in [-0.2, 0) is 18.3 Å². The summed E-state index contributed by atoms with van der Waals surface area (Å²) in [5, 5.41) is 1.28. The SMILES string of the molecule is Cn1cccc1CC(=O)Oc1c[nH]c2nc(-c3ccccc3)c(-c3cc(Cl)c4ncccc4c3)nc2c1=O. The molecule has 2 aromatic carbocycles. The molecule has 6 rings (SSSR count). The van der Waals surface area contributed by atoms with E-state index in [1.165, 1.54) is 6.20 Å². The molecule has 6 aromatic rings. The summed E-state index contributed by atoms with van der Waals surface area (Å²) in [7, 11) is 1.84. The van der Waals surface area contributed by atoms with Gasteiger partial charge in [0.2, 0.25) is 0 Å². The van der Waals surface area contributed by atoms with Crippen LogP contribution >= 0.6 is 11.6 Å². The maximum atomic E-state index is 13.4. The topological polar surface area (TPSA) is 103 Å². The van der Waals surface area contributed by atoms with Crippen LogP contribution in [-0.4, -0.2) is 30.5 Å². The number of carbonyl (C=O) groups excluding carboxylic acids is 1. The number of carbonyl (C=O) groups is 1. The van der Waals surface area contributed by atoms with Gasteiger partial charge in [0.05, 0.1) is 28.3 Å². The molecule has 9 heteroatoms. The second kappa shape index (κ2) is 9.57. The van der Waals surface area contributed by atoms with Crippen molar-refractivity contribution in [2.24, 2.45) is 7.05 Å². The number of ether oxygens (including phenoxy) is 1. The van der Waals surface area contributed by atoms with Gasteiger partial charge in [-0.2, -0.15) is 0 Å². The van der Waals surface area contributed by atoms with Gasteiger partial charge in [-0.3, -0.25) is 14.6 Å². The molecule has 0 aliphatic carbocycles. The number of aromatic nitrogens is 5. The standard InChI is InChI=1S/C29H20ClN5O3/c1-35-12-6-10-20(35)15-23(36)38-22-16-32-29-27(28(22)37)33-26(25(34-29)17-7-3-2-4-8-17)19-13-18-9-5-11-31-24(18)21(30)14-19/h2-14,16H,15H2,1H3,(H,32,34,37). The van der Waals surface area contributed by atoms with E-state index in [1.807, 2.05) is 78.5 Å². The fourth-order valence-electron chi connectivity index (χ4n) is 4.36. The van der Waals surface area contributed by atoms with Crippen molar-refractivity contribution in [1.82, 2.24) is 24.5 Å². The van der Waals surface area contributed by atoms with E-state index in [2.05, 4.69) is 9.97 Å². The third-order valence-corrected chi connectivity index (χ3v) is 6.54. The van der Waals surface area contributed by atoms with Crippen molar-refractivity contribution in [3.8, 4) is 28.3 Å². The van der Waals surface area contributed by atoms with Crippen molar-refractivity contribution >= 4 is 39.6 Å². The van der Waals surface area contributed by atoms with Crippen LogP contribution in [0.5, 0.6) is 5.75 Å². The number of nitrogens with one attached hydrogen (secondary N) is 1. The Morgan fingerprint density at radius 3 is 2.58 bits per heavy atom. The number of pyridine rings is 2. The Kier molecular flexibility index (Phi) is 5.94. The maximum absolute atomic E-state index is 13.4.